The Bertz CT molecular complexity index is 999. The molecule has 3 heterocycles. The molecule has 1 saturated carbocycles. The van der Waals surface area contributed by atoms with Crippen LogP contribution in [0, 0.1) is 5.92 Å². The molecule has 2 aromatic heterocycles. The van der Waals surface area contributed by atoms with E-state index >= 15 is 0 Å². The van der Waals surface area contributed by atoms with E-state index in [0.29, 0.717) is 24.6 Å². The van der Waals surface area contributed by atoms with Gasteiger partial charge in [-0.3, -0.25) is 14.5 Å². The topological polar surface area (TPSA) is 69.3 Å². The van der Waals surface area contributed by atoms with Crippen LogP contribution < -0.4 is 5.56 Å². The van der Waals surface area contributed by atoms with Crippen LogP contribution >= 0.6 is 11.3 Å². The number of thiophene rings is 1. The number of amides is 1. The Morgan fingerprint density at radius 3 is 2.68 bits per heavy atom. The third-order valence-electron chi connectivity index (χ3n) is 7.55. The highest BCUT2D eigenvalue weighted by molar-refractivity contribution is 7.18. The summed E-state index contributed by atoms with van der Waals surface area (Å²) in [6, 6.07) is 0.728. The molecule has 0 aromatic carbocycles. The van der Waals surface area contributed by atoms with Gasteiger partial charge in [0.25, 0.3) is 5.56 Å². The highest BCUT2D eigenvalue weighted by Crippen LogP contribution is 2.35. The van der Waals surface area contributed by atoms with Crippen molar-refractivity contribution in [3.8, 4) is 0 Å². The number of rotatable bonds is 4. The van der Waals surface area contributed by atoms with Crippen LogP contribution in [0.4, 0.5) is 0 Å². The van der Waals surface area contributed by atoms with Gasteiger partial charge in [0.1, 0.15) is 10.7 Å². The molecule has 5 rings (SSSR count). The lowest BCUT2D eigenvalue weighted by Gasteiger charge is -2.40. The second-order valence-electron chi connectivity index (χ2n) is 9.75. The molecule has 0 bridgehead atoms. The Hall–Kier alpha value is -1.73. The number of carbonyl (C=O) groups excluding carboxylic acids is 1. The maximum atomic E-state index is 12.8. The predicted molar refractivity (Wildman–Crippen MR) is 125 cm³/mol. The molecule has 0 radical (unpaired) electrons. The number of aromatic nitrogens is 2. The minimum atomic E-state index is -0.0272. The highest BCUT2D eigenvalue weighted by Gasteiger charge is 2.27. The minimum absolute atomic E-state index is 0.0272. The third-order valence-corrected chi connectivity index (χ3v) is 8.70. The van der Waals surface area contributed by atoms with Gasteiger partial charge in [0.05, 0.1) is 5.39 Å². The zero-order valence-corrected chi connectivity index (χ0v) is 19.4. The summed E-state index contributed by atoms with van der Waals surface area (Å²) in [7, 11) is 0. The van der Waals surface area contributed by atoms with Gasteiger partial charge in [-0.15, -0.1) is 11.3 Å². The van der Waals surface area contributed by atoms with E-state index in [1.165, 1.54) is 42.5 Å². The first kappa shape index (κ1) is 21.1. The molecule has 0 spiro atoms. The lowest BCUT2D eigenvalue weighted by Crippen LogP contribution is -2.52. The van der Waals surface area contributed by atoms with E-state index in [9.17, 15) is 9.59 Å². The molecule has 1 aliphatic heterocycles. The molecule has 1 amide bonds. The van der Waals surface area contributed by atoms with E-state index in [0.717, 1.165) is 61.7 Å². The summed E-state index contributed by atoms with van der Waals surface area (Å²) in [6.07, 6.45) is 10.8. The fourth-order valence-corrected chi connectivity index (χ4v) is 7.08. The molecule has 7 heteroatoms. The van der Waals surface area contributed by atoms with E-state index < -0.39 is 0 Å². The van der Waals surface area contributed by atoms with Gasteiger partial charge >= 0.3 is 0 Å². The van der Waals surface area contributed by atoms with Crippen molar-refractivity contribution in [1.82, 2.24) is 19.8 Å². The summed E-state index contributed by atoms with van der Waals surface area (Å²) in [4.78, 5) is 40.0. The molecular formula is C24H34N4O2S. The molecule has 31 heavy (non-hydrogen) atoms. The molecule has 168 valence electrons. The molecule has 1 N–H and O–H groups in total. The first-order valence-corrected chi connectivity index (χ1v) is 13.0. The average Bonchev–Trinajstić information content (AvgIpc) is 3.16. The highest BCUT2D eigenvalue weighted by atomic mass is 32.1. The molecule has 3 aliphatic rings. The van der Waals surface area contributed by atoms with E-state index in [2.05, 4.69) is 16.8 Å². The van der Waals surface area contributed by atoms with Crippen LogP contribution in [0.3, 0.4) is 0 Å². The second-order valence-corrected chi connectivity index (χ2v) is 10.8. The van der Waals surface area contributed by atoms with Crippen molar-refractivity contribution in [3.05, 3.63) is 26.6 Å². The molecule has 6 nitrogen and oxygen atoms in total. The first-order valence-electron chi connectivity index (χ1n) is 12.1. The molecule has 2 fully saturated rings. The Kier molecular flexibility index (Phi) is 6.15. The molecule has 0 unspecified atom stereocenters. The Morgan fingerprint density at radius 1 is 1.13 bits per heavy atom. The van der Waals surface area contributed by atoms with Crippen molar-refractivity contribution in [2.75, 3.05) is 26.2 Å². The van der Waals surface area contributed by atoms with Gasteiger partial charge in [-0.05, 0) is 43.6 Å². The minimum Gasteiger partial charge on any atom is -0.340 e. The van der Waals surface area contributed by atoms with Crippen molar-refractivity contribution in [2.24, 2.45) is 5.92 Å². The van der Waals surface area contributed by atoms with Gasteiger partial charge in [-0.25, -0.2) is 4.98 Å². The maximum absolute atomic E-state index is 12.8. The number of aromatic amines is 1. The third kappa shape index (κ3) is 4.44. The number of aryl methyl sites for hydroxylation is 2. The van der Waals surface area contributed by atoms with Crippen molar-refractivity contribution in [2.45, 2.75) is 77.2 Å². The van der Waals surface area contributed by atoms with Crippen molar-refractivity contribution in [1.29, 1.82) is 0 Å². The smallest absolute Gasteiger partial charge is 0.259 e. The van der Waals surface area contributed by atoms with Crippen LogP contribution in [-0.4, -0.2) is 57.9 Å². The van der Waals surface area contributed by atoms with Crippen LogP contribution in [0.2, 0.25) is 0 Å². The zero-order valence-electron chi connectivity index (χ0n) is 18.6. The maximum Gasteiger partial charge on any atom is 0.259 e. The van der Waals surface area contributed by atoms with E-state index in [1.807, 2.05) is 4.90 Å². The average molecular weight is 443 g/mol. The number of carbonyl (C=O) groups is 1. The summed E-state index contributed by atoms with van der Waals surface area (Å²) in [6.45, 7) is 5.92. The van der Waals surface area contributed by atoms with Crippen LogP contribution in [0.25, 0.3) is 10.2 Å². The summed E-state index contributed by atoms with van der Waals surface area (Å²) < 4.78 is 0. The number of H-pyrrole nitrogens is 1. The number of hydrogen-bond acceptors (Lipinski definition) is 5. The fourth-order valence-electron chi connectivity index (χ4n) is 5.68. The Morgan fingerprint density at radius 2 is 1.90 bits per heavy atom. The van der Waals surface area contributed by atoms with Crippen molar-refractivity contribution < 1.29 is 4.79 Å². The van der Waals surface area contributed by atoms with Crippen LogP contribution in [0.15, 0.2) is 4.79 Å². The summed E-state index contributed by atoms with van der Waals surface area (Å²) in [5.41, 5.74) is 1.19. The molecule has 2 aliphatic carbocycles. The predicted octanol–water partition coefficient (Wildman–Crippen LogP) is 3.52. The second kappa shape index (κ2) is 9.02. The largest absolute Gasteiger partial charge is 0.340 e. The van der Waals surface area contributed by atoms with Gasteiger partial charge in [-0.2, -0.15) is 0 Å². The van der Waals surface area contributed by atoms with Gasteiger partial charge in [0.15, 0.2) is 0 Å². The van der Waals surface area contributed by atoms with Gasteiger partial charge < -0.3 is 9.88 Å². The number of fused-ring (bicyclic) bond motifs is 3. The number of piperazine rings is 1. The van der Waals surface area contributed by atoms with Crippen LogP contribution in [0.5, 0.6) is 0 Å². The van der Waals surface area contributed by atoms with Crippen molar-refractivity contribution >= 4 is 27.5 Å². The standard InChI is InChI=1S/C24H34N4O2S/c1-16-7-8-18-19(15-16)31-24-22(18)23(30)25-20(26-24)9-10-21(29)28-13-11-27(12-14-28)17-5-3-2-4-6-17/h16-17H,2-15H2,1H3,(H,25,26,30)/t16-/m0/s1. The van der Waals surface area contributed by atoms with E-state index in [-0.39, 0.29) is 11.5 Å². The van der Waals surface area contributed by atoms with Crippen LogP contribution in [0.1, 0.15) is 68.1 Å². The number of hydrogen-bond donors (Lipinski definition) is 1. The normalized spacial score (nSPS) is 23.3. The van der Waals surface area contributed by atoms with Gasteiger partial charge in [0, 0.05) is 49.9 Å². The van der Waals surface area contributed by atoms with Gasteiger partial charge in [-0.1, -0.05) is 26.2 Å². The SMILES string of the molecule is C[C@H]1CCc2c(sc3nc(CCC(=O)N4CCN(C5CCCCC5)CC4)[nH]c(=O)c23)C1. The number of nitrogens with zero attached hydrogens (tertiary/aromatic N) is 3. The van der Waals surface area contributed by atoms with Crippen molar-refractivity contribution in [3.63, 3.8) is 0 Å². The zero-order chi connectivity index (χ0) is 21.4. The summed E-state index contributed by atoms with van der Waals surface area (Å²) in [5.74, 6) is 1.51. The first-order chi connectivity index (χ1) is 15.1. The number of nitrogens with one attached hydrogen (secondary N) is 1. The summed E-state index contributed by atoms with van der Waals surface area (Å²) >= 11 is 1.68. The monoisotopic (exact) mass is 442 g/mol. The lowest BCUT2D eigenvalue weighted by molar-refractivity contribution is -0.133. The lowest BCUT2D eigenvalue weighted by atomic mass is 9.89. The van der Waals surface area contributed by atoms with E-state index in [4.69, 9.17) is 4.98 Å². The van der Waals surface area contributed by atoms with E-state index in [1.54, 1.807) is 11.3 Å². The van der Waals surface area contributed by atoms with Crippen LogP contribution in [-0.2, 0) is 24.1 Å². The van der Waals surface area contributed by atoms with Gasteiger partial charge in [0.2, 0.25) is 5.91 Å². The quantitative estimate of drug-likeness (QED) is 0.787. The summed E-state index contributed by atoms with van der Waals surface area (Å²) in [5, 5.41) is 0.792. The molecular weight excluding hydrogens is 408 g/mol. The Labute approximate surface area is 188 Å². The Balaban J connectivity index is 1.19. The molecule has 2 aromatic rings. The molecule has 1 atom stereocenters. The fraction of sp³-hybridized carbons (Fsp3) is 0.708. The molecule has 1 saturated heterocycles.